The molecule has 2 rings (SSSR count). The second-order valence-corrected chi connectivity index (χ2v) is 4.76. The zero-order chi connectivity index (χ0) is 10.3. The van der Waals surface area contributed by atoms with Crippen molar-refractivity contribution < 1.29 is 9.84 Å². The van der Waals surface area contributed by atoms with Gasteiger partial charge in [-0.15, -0.1) is 0 Å². The van der Waals surface area contributed by atoms with Crippen molar-refractivity contribution in [1.82, 2.24) is 0 Å². The van der Waals surface area contributed by atoms with Crippen LogP contribution in [-0.2, 0) is 5.60 Å². The van der Waals surface area contributed by atoms with Crippen molar-refractivity contribution in [2.45, 2.75) is 18.4 Å². The van der Waals surface area contributed by atoms with Gasteiger partial charge >= 0.3 is 0 Å². The number of rotatable bonds is 2. The van der Waals surface area contributed by atoms with E-state index in [-0.39, 0.29) is 0 Å². The summed E-state index contributed by atoms with van der Waals surface area (Å²) >= 11 is 9.28. The van der Waals surface area contributed by atoms with Gasteiger partial charge in [-0.3, -0.25) is 0 Å². The Bertz CT molecular complexity index is 375. The number of methoxy groups -OCH3 is 1. The molecule has 1 N–H and O–H groups in total. The van der Waals surface area contributed by atoms with Crippen LogP contribution in [0.4, 0.5) is 0 Å². The molecule has 1 aliphatic rings. The molecule has 0 bridgehead atoms. The maximum absolute atomic E-state index is 9.97. The van der Waals surface area contributed by atoms with Crippen LogP contribution < -0.4 is 4.74 Å². The van der Waals surface area contributed by atoms with Gasteiger partial charge in [0.1, 0.15) is 5.75 Å². The first kappa shape index (κ1) is 10.3. The lowest BCUT2D eigenvalue weighted by Crippen LogP contribution is -2.06. The van der Waals surface area contributed by atoms with Crippen LogP contribution in [0.25, 0.3) is 0 Å². The van der Waals surface area contributed by atoms with Crippen LogP contribution >= 0.6 is 27.5 Å². The molecule has 0 aromatic heterocycles. The third kappa shape index (κ3) is 1.64. The van der Waals surface area contributed by atoms with Crippen LogP contribution in [0.2, 0.25) is 5.02 Å². The lowest BCUT2D eigenvalue weighted by molar-refractivity contribution is 0.147. The normalized spacial score (nSPS) is 18.0. The molecule has 1 aromatic rings. The van der Waals surface area contributed by atoms with E-state index in [1.165, 1.54) is 0 Å². The van der Waals surface area contributed by atoms with Crippen LogP contribution in [0.15, 0.2) is 16.6 Å². The van der Waals surface area contributed by atoms with Gasteiger partial charge in [-0.1, -0.05) is 11.6 Å². The van der Waals surface area contributed by atoms with Crippen molar-refractivity contribution in [2.24, 2.45) is 0 Å². The molecule has 0 atom stereocenters. The minimum absolute atomic E-state index is 0.598. The van der Waals surface area contributed by atoms with Gasteiger partial charge in [0.2, 0.25) is 0 Å². The predicted octanol–water partition coefficient (Wildman–Crippen LogP) is 3.09. The summed E-state index contributed by atoms with van der Waals surface area (Å²) in [5.74, 6) is 0.682. The molecule has 0 aliphatic heterocycles. The van der Waals surface area contributed by atoms with E-state index in [9.17, 15) is 5.11 Å². The summed E-state index contributed by atoms with van der Waals surface area (Å²) in [4.78, 5) is 0. The molecule has 1 saturated carbocycles. The Morgan fingerprint density at radius 2 is 2.14 bits per heavy atom. The fraction of sp³-hybridized carbons (Fsp3) is 0.400. The van der Waals surface area contributed by atoms with Gasteiger partial charge in [0, 0.05) is 10.0 Å². The Morgan fingerprint density at radius 3 is 2.64 bits per heavy atom. The zero-order valence-corrected chi connectivity index (χ0v) is 10.0. The van der Waals surface area contributed by atoms with Gasteiger partial charge in [-0.05, 0) is 40.9 Å². The molecule has 0 heterocycles. The number of hydrogen-bond donors (Lipinski definition) is 1. The Labute approximate surface area is 96.0 Å². The first-order chi connectivity index (χ1) is 6.57. The minimum Gasteiger partial charge on any atom is -0.496 e. The van der Waals surface area contributed by atoms with E-state index in [4.69, 9.17) is 16.3 Å². The third-order valence-corrected chi connectivity index (χ3v) is 3.66. The Morgan fingerprint density at radius 1 is 1.50 bits per heavy atom. The van der Waals surface area contributed by atoms with Crippen LogP contribution in [0.3, 0.4) is 0 Å². The Kier molecular flexibility index (Phi) is 2.50. The molecule has 0 spiro atoms. The summed E-state index contributed by atoms with van der Waals surface area (Å²) in [6.45, 7) is 0. The van der Waals surface area contributed by atoms with Gasteiger partial charge in [0.25, 0.3) is 0 Å². The maximum Gasteiger partial charge on any atom is 0.126 e. The number of ether oxygens (including phenoxy) is 1. The molecule has 1 fully saturated rings. The summed E-state index contributed by atoms with van der Waals surface area (Å²) in [7, 11) is 1.59. The van der Waals surface area contributed by atoms with E-state index in [1.807, 2.05) is 0 Å². The molecule has 4 heteroatoms. The van der Waals surface area contributed by atoms with Gasteiger partial charge in [0.05, 0.1) is 17.7 Å². The highest BCUT2D eigenvalue weighted by Crippen LogP contribution is 2.50. The molecule has 0 amide bonds. The smallest absolute Gasteiger partial charge is 0.126 e. The molecule has 0 unspecified atom stereocenters. The summed E-state index contributed by atoms with van der Waals surface area (Å²) in [6.07, 6.45) is 1.56. The number of benzene rings is 1. The first-order valence-electron chi connectivity index (χ1n) is 4.33. The van der Waals surface area contributed by atoms with Crippen molar-refractivity contribution in [2.75, 3.05) is 7.11 Å². The van der Waals surface area contributed by atoms with E-state index in [2.05, 4.69) is 15.9 Å². The lowest BCUT2D eigenvalue weighted by Gasteiger charge is -2.14. The topological polar surface area (TPSA) is 29.5 Å². The molecule has 76 valence electrons. The maximum atomic E-state index is 9.97. The summed E-state index contributed by atoms with van der Waals surface area (Å²) < 4.78 is 5.98. The van der Waals surface area contributed by atoms with Crippen LogP contribution in [0, 0.1) is 0 Å². The van der Waals surface area contributed by atoms with E-state index in [0.29, 0.717) is 10.8 Å². The standard InChI is InChI=1S/C10H10BrClO2/c1-14-9-5-7(11)8(12)4-6(9)10(13)2-3-10/h4-5,13H,2-3H2,1H3. The first-order valence-corrected chi connectivity index (χ1v) is 5.50. The third-order valence-electron chi connectivity index (χ3n) is 2.47. The summed E-state index contributed by atoms with van der Waals surface area (Å²) in [5.41, 5.74) is 0.0728. The molecule has 1 aromatic carbocycles. The molecular formula is C10H10BrClO2. The van der Waals surface area contributed by atoms with Gasteiger partial charge < -0.3 is 9.84 Å². The highest BCUT2D eigenvalue weighted by molar-refractivity contribution is 9.10. The zero-order valence-electron chi connectivity index (χ0n) is 7.68. The second-order valence-electron chi connectivity index (χ2n) is 3.50. The fourth-order valence-corrected chi connectivity index (χ4v) is 1.93. The quantitative estimate of drug-likeness (QED) is 0.900. The average molecular weight is 278 g/mol. The van der Waals surface area contributed by atoms with E-state index in [1.54, 1.807) is 19.2 Å². The summed E-state index contributed by atoms with van der Waals surface area (Å²) in [5, 5.41) is 10.6. The lowest BCUT2D eigenvalue weighted by atomic mass is 10.1. The number of hydrogen-bond acceptors (Lipinski definition) is 2. The van der Waals surface area contributed by atoms with E-state index < -0.39 is 5.60 Å². The predicted molar refractivity (Wildman–Crippen MR) is 58.8 cm³/mol. The van der Waals surface area contributed by atoms with Crippen LogP contribution in [-0.4, -0.2) is 12.2 Å². The molecule has 2 nitrogen and oxygen atoms in total. The van der Waals surface area contributed by atoms with Crippen LogP contribution in [0.5, 0.6) is 5.75 Å². The van der Waals surface area contributed by atoms with Crippen molar-refractivity contribution in [3.05, 3.63) is 27.2 Å². The molecule has 1 aliphatic carbocycles. The number of aliphatic hydroxyl groups is 1. The molecule has 0 radical (unpaired) electrons. The van der Waals surface area contributed by atoms with Gasteiger partial charge in [0.15, 0.2) is 0 Å². The van der Waals surface area contributed by atoms with Crippen LogP contribution in [0.1, 0.15) is 18.4 Å². The second kappa shape index (κ2) is 3.40. The highest BCUT2D eigenvalue weighted by atomic mass is 79.9. The monoisotopic (exact) mass is 276 g/mol. The SMILES string of the molecule is COc1cc(Br)c(Cl)cc1C1(O)CC1. The van der Waals surface area contributed by atoms with Crippen molar-refractivity contribution >= 4 is 27.5 Å². The highest BCUT2D eigenvalue weighted by Gasteiger charge is 2.44. The van der Waals surface area contributed by atoms with Crippen molar-refractivity contribution in [3.8, 4) is 5.75 Å². The van der Waals surface area contributed by atoms with Crippen molar-refractivity contribution in [1.29, 1.82) is 0 Å². The van der Waals surface area contributed by atoms with E-state index in [0.717, 1.165) is 22.9 Å². The van der Waals surface area contributed by atoms with Crippen molar-refractivity contribution in [3.63, 3.8) is 0 Å². The van der Waals surface area contributed by atoms with Gasteiger partial charge in [-0.2, -0.15) is 0 Å². The Balaban J connectivity index is 2.52. The summed E-state index contributed by atoms with van der Waals surface area (Å²) in [6, 6.07) is 3.55. The van der Waals surface area contributed by atoms with E-state index >= 15 is 0 Å². The number of halogens is 2. The van der Waals surface area contributed by atoms with Gasteiger partial charge in [-0.25, -0.2) is 0 Å². The molecular weight excluding hydrogens is 267 g/mol. The Hall–Kier alpha value is -0.250. The molecule has 0 saturated heterocycles. The average Bonchev–Trinajstić information content (AvgIpc) is 2.89. The largest absolute Gasteiger partial charge is 0.496 e. The molecule has 14 heavy (non-hydrogen) atoms. The fourth-order valence-electron chi connectivity index (χ4n) is 1.45. The minimum atomic E-state index is -0.713.